The van der Waals surface area contributed by atoms with E-state index in [4.69, 9.17) is 4.74 Å². The van der Waals surface area contributed by atoms with Crippen molar-refractivity contribution in [2.75, 3.05) is 26.2 Å². The number of nitrogens with zero attached hydrogens (tertiary/aromatic N) is 3. The van der Waals surface area contributed by atoms with Crippen LogP contribution in [0.15, 0.2) is 36.7 Å². The van der Waals surface area contributed by atoms with Gasteiger partial charge in [0.25, 0.3) is 5.91 Å². The van der Waals surface area contributed by atoms with Gasteiger partial charge in [0.05, 0.1) is 12.9 Å². The number of carbonyl (C=O) groups is 2. The van der Waals surface area contributed by atoms with E-state index in [0.717, 1.165) is 12.1 Å². The lowest BCUT2D eigenvalue weighted by Gasteiger charge is -2.37. The Hall–Kier alpha value is -2.83. The molecular weight excluding hydrogens is 344 g/mol. The minimum Gasteiger partial charge on any atom is -0.441 e. The lowest BCUT2D eigenvalue weighted by atomic mass is 9.91. The second-order valence-electron chi connectivity index (χ2n) is 7.38. The number of aromatic nitrogens is 2. The van der Waals surface area contributed by atoms with Gasteiger partial charge in [-0.15, -0.1) is 0 Å². The maximum atomic E-state index is 12.6. The number of aromatic amines is 1. The number of ether oxygens (including phenoxy) is 1. The van der Waals surface area contributed by atoms with Crippen molar-refractivity contribution in [1.82, 2.24) is 19.8 Å². The summed E-state index contributed by atoms with van der Waals surface area (Å²) in [7, 11) is 0. The summed E-state index contributed by atoms with van der Waals surface area (Å²) in [6.07, 6.45) is 3.44. The predicted molar refractivity (Wildman–Crippen MR) is 99.4 cm³/mol. The van der Waals surface area contributed by atoms with Crippen molar-refractivity contribution in [1.29, 1.82) is 0 Å². The first kappa shape index (κ1) is 17.6. The van der Waals surface area contributed by atoms with Crippen molar-refractivity contribution in [2.24, 2.45) is 0 Å². The summed E-state index contributed by atoms with van der Waals surface area (Å²) in [6, 6.07) is 10.1. The minimum atomic E-state index is -0.467. The topological polar surface area (TPSA) is 78.5 Å². The molecule has 0 saturated carbocycles. The SMILES string of the molecule is Cc1[nH]cnc1C(=O)N1CCC2(CC1)CN(CCc1ccccc1)C(=O)O2. The van der Waals surface area contributed by atoms with Crippen LogP contribution in [0.25, 0.3) is 0 Å². The average molecular weight is 368 g/mol. The molecule has 3 heterocycles. The van der Waals surface area contributed by atoms with Crippen molar-refractivity contribution in [3.05, 3.63) is 53.6 Å². The van der Waals surface area contributed by atoms with Gasteiger partial charge in [-0.2, -0.15) is 0 Å². The molecule has 1 spiro atoms. The van der Waals surface area contributed by atoms with Gasteiger partial charge in [0, 0.05) is 38.2 Å². The number of carbonyl (C=O) groups excluding carboxylic acids is 2. The molecule has 2 aliphatic heterocycles. The van der Waals surface area contributed by atoms with Crippen LogP contribution in [-0.4, -0.2) is 63.5 Å². The number of aryl methyl sites for hydroxylation is 1. The summed E-state index contributed by atoms with van der Waals surface area (Å²) < 4.78 is 5.76. The molecule has 1 aromatic heterocycles. The summed E-state index contributed by atoms with van der Waals surface area (Å²) in [4.78, 5) is 35.6. The summed E-state index contributed by atoms with van der Waals surface area (Å²) in [5, 5.41) is 0. The average Bonchev–Trinajstić information content (AvgIpc) is 3.24. The highest BCUT2D eigenvalue weighted by molar-refractivity contribution is 5.93. The van der Waals surface area contributed by atoms with Crippen LogP contribution in [0.3, 0.4) is 0 Å². The zero-order valence-electron chi connectivity index (χ0n) is 15.5. The van der Waals surface area contributed by atoms with Crippen LogP contribution in [0.5, 0.6) is 0 Å². The third-order valence-corrected chi connectivity index (χ3v) is 5.55. The number of amides is 2. The van der Waals surface area contributed by atoms with E-state index in [0.29, 0.717) is 44.7 Å². The Bertz CT molecular complexity index is 825. The highest BCUT2D eigenvalue weighted by Crippen LogP contribution is 2.33. The van der Waals surface area contributed by atoms with Gasteiger partial charge in [-0.25, -0.2) is 9.78 Å². The van der Waals surface area contributed by atoms with Crippen molar-refractivity contribution in [3.63, 3.8) is 0 Å². The van der Waals surface area contributed by atoms with Gasteiger partial charge in [-0.05, 0) is 18.9 Å². The molecule has 2 fully saturated rings. The predicted octanol–water partition coefficient (Wildman–Crippen LogP) is 2.39. The maximum Gasteiger partial charge on any atom is 0.410 e. The second kappa shape index (κ2) is 7.06. The standard InChI is InChI=1S/C20H24N4O3/c1-15-17(22-14-21-15)18(25)23-11-8-20(9-12-23)13-24(19(26)27-20)10-7-16-5-3-2-4-6-16/h2-6,14H,7-13H2,1H3,(H,21,22). The molecule has 0 radical (unpaired) electrons. The van der Waals surface area contributed by atoms with Gasteiger partial charge >= 0.3 is 6.09 Å². The first-order chi connectivity index (χ1) is 13.1. The molecule has 1 aromatic carbocycles. The molecule has 0 bridgehead atoms. The number of hydrogen-bond donors (Lipinski definition) is 1. The molecule has 0 aliphatic carbocycles. The Morgan fingerprint density at radius 2 is 2.00 bits per heavy atom. The van der Waals surface area contributed by atoms with E-state index in [1.807, 2.05) is 25.1 Å². The Morgan fingerprint density at radius 3 is 2.67 bits per heavy atom. The minimum absolute atomic E-state index is 0.0612. The molecule has 7 heteroatoms. The van der Waals surface area contributed by atoms with E-state index >= 15 is 0 Å². The van der Waals surface area contributed by atoms with E-state index < -0.39 is 5.60 Å². The molecule has 0 atom stereocenters. The van der Waals surface area contributed by atoms with Gasteiger partial charge in [0.15, 0.2) is 0 Å². The van der Waals surface area contributed by atoms with Crippen LogP contribution < -0.4 is 0 Å². The number of H-pyrrole nitrogens is 1. The highest BCUT2D eigenvalue weighted by Gasteiger charge is 2.47. The molecule has 4 rings (SSSR count). The Kier molecular flexibility index (Phi) is 4.59. The number of hydrogen-bond acceptors (Lipinski definition) is 4. The van der Waals surface area contributed by atoms with Crippen molar-refractivity contribution >= 4 is 12.0 Å². The number of piperidine rings is 1. The number of rotatable bonds is 4. The van der Waals surface area contributed by atoms with E-state index in [1.165, 1.54) is 11.9 Å². The van der Waals surface area contributed by atoms with Gasteiger partial charge in [0.2, 0.25) is 0 Å². The molecule has 0 unspecified atom stereocenters. The van der Waals surface area contributed by atoms with E-state index in [9.17, 15) is 9.59 Å². The fourth-order valence-electron chi connectivity index (χ4n) is 3.88. The third kappa shape index (κ3) is 3.54. The van der Waals surface area contributed by atoms with Crippen LogP contribution in [0.4, 0.5) is 4.79 Å². The van der Waals surface area contributed by atoms with Gasteiger partial charge in [-0.1, -0.05) is 30.3 Å². The van der Waals surface area contributed by atoms with Crippen LogP contribution in [0, 0.1) is 6.92 Å². The Labute approximate surface area is 158 Å². The fourth-order valence-corrected chi connectivity index (χ4v) is 3.88. The Morgan fingerprint density at radius 1 is 1.26 bits per heavy atom. The quantitative estimate of drug-likeness (QED) is 0.899. The molecule has 7 nitrogen and oxygen atoms in total. The van der Waals surface area contributed by atoms with Gasteiger partial charge in [0.1, 0.15) is 11.3 Å². The second-order valence-corrected chi connectivity index (χ2v) is 7.38. The van der Waals surface area contributed by atoms with E-state index in [-0.39, 0.29) is 12.0 Å². The summed E-state index contributed by atoms with van der Waals surface area (Å²) in [6.45, 7) is 4.24. The number of nitrogens with one attached hydrogen (secondary N) is 1. The first-order valence-corrected chi connectivity index (χ1v) is 9.37. The summed E-state index contributed by atoms with van der Waals surface area (Å²) in [5.41, 5.74) is 1.99. The zero-order valence-corrected chi connectivity index (χ0v) is 15.5. The third-order valence-electron chi connectivity index (χ3n) is 5.55. The smallest absolute Gasteiger partial charge is 0.410 e. The zero-order chi connectivity index (χ0) is 18.9. The number of benzene rings is 1. The lowest BCUT2D eigenvalue weighted by Crippen LogP contribution is -2.49. The monoisotopic (exact) mass is 368 g/mol. The van der Waals surface area contributed by atoms with Crippen molar-refractivity contribution < 1.29 is 14.3 Å². The summed E-state index contributed by atoms with van der Waals surface area (Å²) >= 11 is 0. The summed E-state index contributed by atoms with van der Waals surface area (Å²) in [5.74, 6) is -0.0612. The Balaban J connectivity index is 1.34. The molecule has 2 aliphatic rings. The highest BCUT2D eigenvalue weighted by atomic mass is 16.6. The number of likely N-dealkylation sites (tertiary alicyclic amines) is 1. The number of imidazole rings is 1. The van der Waals surface area contributed by atoms with Crippen molar-refractivity contribution in [2.45, 2.75) is 31.8 Å². The van der Waals surface area contributed by atoms with Crippen molar-refractivity contribution in [3.8, 4) is 0 Å². The largest absolute Gasteiger partial charge is 0.441 e. The van der Waals surface area contributed by atoms with Crippen LogP contribution in [-0.2, 0) is 11.2 Å². The van der Waals surface area contributed by atoms with Crippen LogP contribution in [0.1, 0.15) is 34.6 Å². The molecule has 1 N–H and O–H groups in total. The molecule has 2 saturated heterocycles. The molecule has 27 heavy (non-hydrogen) atoms. The van der Waals surface area contributed by atoms with Gasteiger partial charge < -0.3 is 19.5 Å². The van der Waals surface area contributed by atoms with Crippen LogP contribution in [0.2, 0.25) is 0 Å². The molecule has 2 amide bonds. The lowest BCUT2D eigenvalue weighted by molar-refractivity contribution is 0.00297. The van der Waals surface area contributed by atoms with Gasteiger partial charge in [-0.3, -0.25) is 4.79 Å². The van der Waals surface area contributed by atoms with Crippen LogP contribution >= 0.6 is 0 Å². The maximum absolute atomic E-state index is 12.6. The fraction of sp³-hybridized carbons (Fsp3) is 0.450. The molecular formula is C20H24N4O3. The molecule has 2 aromatic rings. The van der Waals surface area contributed by atoms with E-state index in [1.54, 1.807) is 9.80 Å². The van der Waals surface area contributed by atoms with E-state index in [2.05, 4.69) is 22.1 Å². The molecule has 142 valence electrons. The normalized spacial score (nSPS) is 18.8. The first-order valence-electron chi connectivity index (χ1n) is 9.37.